The van der Waals surface area contributed by atoms with Crippen molar-refractivity contribution in [2.24, 2.45) is 0 Å². The molecule has 0 saturated heterocycles. The number of aryl methyl sites for hydroxylation is 2. The van der Waals surface area contributed by atoms with Gasteiger partial charge in [-0.05, 0) is 38.3 Å². The highest BCUT2D eigenvalue weighted by atomic mass is 35.5. The number of halogens is 1. The molecule has 0 saturated carbocycles. The van der Waals surface area contributed by atoms with Crippen LogP contribution >= 0.6 is 23.4 Å². The van der Waals surface area contributed by atoms with E-state index in [2.05, 4.69) is 42.1 Å². The molecule has 1 unspecified atom stereocenters. The van der Waals surface area contributed by atoms with Gasteiger partial charge in [-0.3, -0.25) is 4.68 Å². The van der Waals surface area contributed by atoms with Crippen molar-refractivity contribution in [3.8, 4) is 0 Å². The molecule has 0 radical (unpaired) electrons. The van der Waals surface area contributed by atoms with Crippen LogP contribution in [-0.2, 0) is 19.4 Å². The zero-order valence-corrected chi connectivity index (χ0v) is 14.1. The van der Waals surface area contributed by atoms with Gasteiger partial charge in [-0.25, -0.2) is 0 Å². The van der Waals surface area contributed by atoms with Crippen molar-refractivity contribution in [2.75, 3.05) is 18.6 Å². The Bertz CT molecular complexity index is 379. The summed E-state index contributed by atoms with van der Waals surface area (Å²) >= 11 is 8.37. The maximum absolute atomic E-state index is 6.47. The fourth-order valence-corrected chi connectivity index (χ4v) is 3.14. The molecule has 5 heteroatoms. The minimum absolute atomic E-state index is 0.488. The summed E-state index contributed by atoms with van der Waals surface area (Å²) in [6.45, 7) is 8.26. The number of nitrogens with zero attached hydrogens (tertiary/aromatic N) is 2. The summed E-state index contributed by atoms with van der Waals surface area (Å²) in [4.78, 5) is 0. The number of thioether (sulfide) groups is 1. The molecule has 0 aliphatic carbocycles. The van der Waals surface area contributed by atoms with Crippen LogP contribution < -0.4 is 5.32 Å². The van der Waals surface area contributed by atoms with E-state index < -0.39 is 0 Å². The first-order valence-electron chi connectivity index (χ1n) is 7.14. The number of hydrogen-bond donors (Lipinski definition) is 1. The SMILES string of the molecule is CCNC(CCSC)Cc1c(Cl)c(CC)nn1CC. The summed E-state index contributed by atoms with van der Waals surface area (Å²) in [5.41, 5.74) is 2.21. The standard InChI is InChI=1S/C14H26ClN3S/c1-5-12-14(15)13(18(7-3)17-12)10-11(16-6-2)8-9-19-4/h11,16H,5-10H2,1-4H3. The van der Waals surface area contributed by atoms with Crippen molar-refractivity contribution in [1.82, 2.24) is 15.1 Å². The molecule has 0 spiro atoms. The van der Waals surface area contributed by atoms with E-state index in [4.69, 9.17) is 11.6 Å². The van der Waals surface area contributed by atoms with E-state index in [1.807, 2.05) is 11.8 Å². The van der Waals surface area contributed by atoms with E-state index in [9.17, 15) is 0 Å². The first kappa shape index (κ1) is 16.9. The highest BCUT2D eigenvalue weighted by Gasteiger charge is 2.18. The smallest absolute Gasteiger partial charge is 0.0850 e. The van der Waals surface area contributed by atoms with Crippen LogP contribution in [0.25, 0.3) is 0 Å². The van der Waals surface area contributed by atoms with Crippen molar-refractivity contribution in [2.45, 2.75) is 52.6 Å². The van der Waals surface area contributed by atoms with Crippen LogP contribution in [0.15, 0.2) is 0 Å². The Morgan fingerprint density at radius 3 is 2.63 bits per heavy atom. The molecule has 0 bridgehead atoms. The highest BCUT2D eigenvalue weighted by Crippen LogP contribution is 2.23. The average molecular weight is 304 g/mol. The van der Waals surface area contributed by atoms with Crippen molar-refractivity contribution in [1.29, 1.82) is 0 Å². The number of nitrogens with one attached hydrogen (secondary N) is 1. The third-order valence-electron chi connectivity index (χ3n) is 3.30. The molecule has 1 N–H and O–H groups in total. The third-order valence-corrected chi connectivity index (χ3v) is 4.38. The first-order chi connectivity index (χ1) is 9.17. The lowest BCUT2D eigenvalue weighted by Gasteiger charge is -2.18. The predicted molar refractivity (Wildman–Crippen MR) is 86.5 cm³/mol. The minimum atomic E-state index is 0.488. The molecule has 19 heavy (non-hydrogen) atoms. The Labute approximate surface area is 126 Å². The number of aromatic nitrogens is 2. The van der Waals surface area contributed by atoms with Gasteiger partial charge in [0.05, 0.1) is 16.4 Å². The van der Waals surface area contributed by atoms with Crippen molar-refractivity contribution < 1.29 is 0 Å². The maximum atomic E-state index is 6.47. The molecule has 1 aromatic heterocycles. The molecule has 110 valence electrons. The van der Waals surface area contributed by atoms with Crippen LogP contribution in [-0.4, -0.2) is 34.4 Å². The lowest BCUT2D eigenvalue weighted by Crippen LogP contribution is -2.32. The first-order valence-corrected chi connectivity index (χ1v) is 8.91. The van der Waals surface area contributed by atoms with E-state index in [0.717, 1.165) is 36.6 Å². The molecule has 0 aromatic carbocycles. The summed E-state index contributed by atoms with van der Waals surface area (Å²) < 4.78 is 2.06. The van der Waals surface area contributed by atoms with E-state index in [0.29, 0.717) is 6.04 Å². The van der Waals surface area contributed by atoms with Crippen molar-refractivity contribution >= 4 is 23.4 Å². The number of likely N-dealkylation sites (N-methyl/N-ethyl adjacent to an activating group) is 1. The van der Waals surface area contributed by atoms with Gasteiger partial charge in [-0.2, -0.15) is 16.9 Å². The monoisotopic (exact) mass is 303 g/mol. The predicted octanol–water partition coefficient (Wildman–Crippen LogP) is 3.39. The summed E-state index contributed by atoms with van der Waals surface area (Å²) in [7, 11) is 0. The maximum Gasteiger partial charge on any atom is 0.0850 e. The minimum Gasteiger partial charge on any atom is -0.314 e. The lowest BCUT2D eigenvalue weighted by atomic mass is 10.1. The summed E-state index contributed by atoms with van der Waals surface area (Å²) in [5, 5.41) is 9.02. The second-order valence-corrected chi connectivity index (χ2v) is 5.98. The van der Waals surface area contributed by atoms with E-state index in [-0.39, 0.29) is 0 Å². The van der Waals surface area contributed by atoms with Gasteiger partial charge in [0.2, 0.25) is 0 Å². The molecule has 0 aliphatic rings. The Hall–Kier alpha value is -0.190. The zero-order chi connectivity index (χ0) is 14.3. The molecule has 1 atom stereocenters. The molecule has 3 nitrogen and oxygen atoms in total. The zero-order valence-electron chi connectivity index (χ0n) is 12.5. The van der Waals surface area contributed by atoms with Crippen LogP contribution in [0.4, 0.5) is 0 Å². The second kappa shape index (κ2) is 8.88. The van der Waals surface area contributed by atoms with Crippen molar-refractivity contribution in [3.63, 3.8) is 0 Å². The molecule has 0 fully saturated rings. The Morgan fingerprint density at radius 1 is 1.37 bits per heavy atom. The molecule has 1 aromatic rings. The van der Waals surface area contributed by atoms with Crippen molar-refractivity contribution in [3.05, 3.63) is 16.4 Å². The van der Waals surface area contributed by atoms with Crippen LogP contribution in [0.1, 0.15) is 38.6 Å². The van der Waals surface area contributed by atoms with Crippen LogP contribution in [0.2, 0.25) is 5.02 Å². The third kappa shape index (κ3) is 4.69. The van der Waals surface area contributed by atoms with Gasteiger partial charge < -0.3 is 5.32 Å². The molecule has 1 rings (SSSR count). The van der Waals surface area contributed by atoms with Gasteiger partial charge in [-0.1, -0.05) is 25.4 Å². The molecule has 0 amide bonds. The topological polar surface area (TPSA) is 29.9 Å². The van der Waals surface area contributed by atoms with Gasteiger partial charge in [-0.15, -0.1) is 0 Å². The van der Waals surface area contributed by atoms with Gasteiger partial charge in [0.15, 0.2) is 0 Å². The fourth-order valence-electron chi connectivity index (χ4n) is 2.27. The van der Waals surface area contributed by atoms with Gasteiger partial charge in [0.25, 0.3) is 0 Å². The lowest BCUT2D eigenvalue weighted by molar-refractivity contribution is 0.489. The Kier molecular flexibility index (Phi) is 7.88. The summed E-state index contributed by atoms with van der Waals surface area (Å²) in [6.07, 6.45) is 5.19. The largest absolute Gasteiger partial charge is 0.314 e. The second-order valence-electron chi connectivity index (χ2n) is 4.62. The Balaban J connectivity index is 2.84. The molecular formula is C14H26ClN3S. The van der Waals surface area contributed by atoms with E-state index in [1.165, 1.54) is 17.9 Å². The van der Waals surface area contributed by atoms with Crippen LogP contribution in [0.3, 0.4) is 0 Å². The van der Waals surface area contributed by atoms with Gasteiger partial charge in [0.1, 0.15) is 0 Å². The molecule has 0 aliphatic heterocycles. The summed E-state index contributed by atoms with van der Waals surface area (Å²) in [6, 6.07) is 0.488. The Morgan fingerprint density at radius 2 is 2.11 bits per heavy atom. The van der Waals surface area contributed by atoms with Gasteiger partial charge in [0, 0.05) is 19.0 Å². The molecular weight excluding hydrogens is 278 g/mol. The van der Waals surface area contributed by atoms with Crippen LogP contribution in [0, 0.1) is 0 Å². The average Bonchev–Trinajstić information content (AvgIpc) is 2.72. The number of hydrogen-bond acceptors (Lipinski definition) is 3. The summed E-state index contributed by atoms with van der Waals surface area (Å²) in [5.74, 6) is 1.18. The highest BCUT2D eigenvalue weighted by molar-refractivity contribution is 7.98. The normalized spacial score (nSPS) is 12.9. The van der Waals surface area contributed by atoms with Gasteiger partial charge >= 0.3 is 0 Å². The van der Waals surface area contributed by atoms with E-state index >= 15 is 0 Å². The number of rotatable bonds is 9. The van der Waals surface area contributed by atoms with E-state index in [1.54, 1.807) is 0 Å². The fraction of sp³-hybridized carbons (Fsp3) is 0.786. The molecule has 1 heterocycles. The van der Waals surface area contributed by atoms with Crippen LogP contribution in [0.5, 0.6) is 0 Å². The quantitative estimate of drug-likeness (QED) is 0.758.